The van der Waals surface area contributed by atoms with Crippen LogP contribution in [0.4, 0.5) is 0 Å². The first-order chi connectivity index (χ1) is 9.47. The van der Waals surface area contributed by atoms with Gasteiger partial charge in [0, 0.05) is 37.8 Å². The molecule has 0 saturated carbocycles. The van der Waals surface area contributed by atoms with Gasteiger partial charge in [-0.05, 0) is 36.4 Å². The second-order valence-electron chi connectivity index (χ2n) is 4.04. The lowest BCUT2D eigenvalue weighted by atomic mass is 10.2. The minimum atomic E-state index is -0.233. The summed E-state index contributed by atoms with van der Waals surface area (Å²) in [5.74, 6) is -0.233. The fourth-order valence-corrected chi connectivity index (χ4v) is 2.69. The van der Waals surface area contributed by atoms with Crippen LogP contribution in [0.15, 0.2) is 36.4 Å². The van der Waals surface area contributed by atoms with E-state index in [0.29, 0.717) is 31.2 Å². The van der Waals surface area contributed by atoms with Crippen molar-refractivity contribution in [2.75, 3.05) is 0 Å². The van der Waals surface area contributed by atoms with E-state index in [1.165, 1.54) is 0 Å². The van der Waals surface area contributed by atoms with Crippen molar-refractivity contribution in [3.05, 3.63) is 67.6 Å². The molecule has 0 saturated heterocycles. The topological polar surface area (TPSA) is 29.1 Å². The van der Waals surface area contributed by atoms with Crippen molar-refractivity contribution in [2.45, 2.75) is 6.54 Å². The molecule has 2 rings (SSSR count). The average Bonchev–Trinajstić information content (AvgIpc) is 2.38. The maximum Gasteiger partial charge on any atom is 0.251 e. The minimum absolute atomic E-state index is 0.219. The molecule has 0 radical (unpaired) electrons. The fourth-order valence-electron chi connectivity index (χ4n) is 1.61. The van der Waals surface area contributed by atoms with Gasteiger partial charge in [0.25, 0.3) is 5.91 Å². The Morgan fingerprint density at radius 3 is 2.00 bits per heavy atom. The lowest BCUT2D eigenvalue weighted by Crippen LogP contribution is -2.23. The number of benzene rings is 2. The maximum absolute atomic E-state index is 12.0. The van der Waals surface area contributed by atoms with Crippen molar-refractivity contribution < 1.29 is 4.79 Å². The number of halogens is 4. The van der Waals surface area contributed by atoms with Crippen molar-refractivity contribution in [1.82, 2.24) is 5.32 Å². The third-order valence-electron chi connectivity index (χ3n) is 2.64. The monoisotopic (exact) mass is 347 g/mol. The van der Waals surface area contributed by atoms with Crippen LogP contribution in [0.5, 0.6) is 0 Å². The van der Waals surface area contributed by atoms with Crippen LogP contribution in [0.25, 0.3) is 0 Å². The van der Waals surface area contributed by atoms with Crippen LogP contribution >= 0.6 is 46.4 Å². The summed E-state index contributed by atoms with van der Waals surface area (Å²) in [4.78, 5) is 12.0. The Balaban J connectivity index is 2.09. The molecular weight excluding hydrogens is 340 g/mol. The van der Waals surface area contributed by atoms with Gasteiger partial charge in [-0.3, -0.25) is 4.79 Å². The van der Waals surface area contributed by atoms with Gasteiger partial charge in [-0.2, -0.15) is 0 Å². The molecule has 2 nitrogen and oxygen atoms in total. The molecule has 0 bridgehead atoms. The second kappa shape index (κ2) is 6.68. The first kappa shape index (κ1) is 15.5. The molecule has 0 aliphatic carbocycles. The predicted molar refractivity (Wildman–Crippen MR) is 84.1 cm³/mol. The van der Waals surface area contributed by atoms with Gasteiger partial charge in [0.15, 0.2) is 0 Å². The Hall–Kier alpha value is -0.930. The number of nitrogens with one attached hydrogen (secondary N) is 1. The lowest BCUT2D eigenvalue weighted by molar-refractivity contribution is 0.0951. The van der Waals surface area contributed by atoms with Gasteiger partial charge >= 0.3 is 0 Å². The zero-order valence-corrected chi connectivity index (χ0v) is 13.1. The molecule has 2 aromatic carbocycles. The SMILES string of the molecule is O=C(NCc1c(Cl)cc(Cl)cc1Cl)c1ccc(Cl)cc1. The van der Waals surface area contributed by atoms with Crippen LogP contribution in [0.2, 0.25) is 20.1 Å². The van der Waals surface area contributed by atoms with Gasteiger partial charge < -0.3 is 5.32 Å². The molecule has 0 aliphatic heterocycles. The van der Waals surface area contributed by atoms with Crippen LogP contribution in [-0.2, 0) is 6.54 Å². The van der Waals surface area contributed by atoms with E-state index < -0.39 is 0 Å². The molecule has 1 N–H and O–H groups in total. The molecule has 6 heteroatoms. The maximum atomic E-state index is 12.0. The van der Waals surface area contributed by atoms with E-state index in [0.717, 1.165) is 0 Å². The summed E-state index contributed by atoms with van der Waals surface area (Å²) in [7, 11) is 0. The minimum Gasteiger partial charge on any atom is -0.348 e. The molecule has 0 aliphatic rings. The number of amides is 1. The molecular formula is C14H9Cl4NO. The van der Waals surface area contributed by atoms with E-state index in [2.05, 4.69) is 5.32 Å². The molecule has 20 heavy (non-hydrogen) atoms. The Kier molecular flexibility index (Phi) is 5.17. The highest BCUT2D eigenvalue weighted by molar-refractivity contribution is 6.39. The summed E-state index contributed by atoms with van der Waals surface area (Å²) < 4.78 is 0. The van der Waals surface area contributed by atoms with E-state index in [-0.39, 0.29) is 12.5 Å². The lowest BCUT2D eigenvalue weighted by Gasteiger charge is -2.09. The van der Waals surface area contributed by atoms with E-state index >= 15 is 0 Å². The van der Waals surface area contributed by atoms with Crippen LogP contribution in [0.3, 0.4) is 0 Å². The number of carbonyl (C=O) groups is 1. The molecule has 0 unspecified atom stereocenters. The highest BCUT2D eigenvalue weighted by Gasteiger charge is 2.10. The van der Waals surface area contributed by atoms with Crippen molar-refractivity contribution in [2.24, 2.45) is 0 Å². The first-order valence-corrected chi connectivity index (χ1v) is 7.16. The summed E-state index contributed by atoms with van der Waals surface area (Å²) in [6.07, 6.45) is 0. The van der Waals surface area contributed by atoms with Gasteiger partial charge in [-0.15, -0.1) is 0 Å². The van der Waals surface area contributed by atoms with E-state index in [1.54, 1.807) is 36.4 Å². The summed E-state index contributed by atoms with van der Waals surface area (Å²) >= 11 is 23.7. The zero-order chi connectivity index (χ0) is 14.7. The first-order valence-electron chi connectivity index (χ1n) is 5.64. The van der Waals surface area contributed by atoms with Gasteiger partial charge in [0.1, 0.15) is 0 Å². The fraction of sp³-hybridized carbons (Fsp3) is 0.0714. The molecule has 0 atom stereocenters. The third kappa shape index (κ3) is 3.80. The van der Waals surface area contributed by atoms with Gasteiger partial charge in [0.2, 0.25) is 0 Å². The summed E-state index contributed by atoms with van der Waals surface area (Å²) in [6.45, 7) is 0.219. The van der Waals surface area contributed by atoms with Crippen LogP contribution < -0.4 is 5.32 Å². The Morgan fingerprint density at radius 1 is 0.900 bits per heavy atom. The van der Waals surface area contributed by atoms with E-state index in [4.69, 9.17) is 46.4 Å². The standard InChI is InChI=1S/C14H9Cl4NO/c15-9-3-1-8(2-4-9)14(20)19-7-11-12(17)5-10(16)6-13(11)18/h1-6H,7H2,(H,19,20). The van der Waals surface area contributed by atoms with E-state index in [1.807, 2.05) is 0 Å². The molecule has 1 amide bonds. The number of rotatable bonds is 3. The van der Waals surface area contributed by atoms with Gasteiger partial charge in [-0.25, -0.2) is 0 Å². The highest BCUT2D eigenvalue weighted by atomic mass is 35.5. The van der Waals surface area contributed by atoms with Crippen molar-refractivity contribution in [3.8, 4) is 0 Å². The summed E-state index contributed by atoms with van der Waals surface area (Å²) in [5, 5.41) is 4.60. The number of hydrogen-bond donors (Lipinski definition) is 1. The normalized spacial score (nSPS) is 10.4. The third-order valence-corrected chi connectivity index (χ3v) is 3.78. The van der Waals surface area contributed by atoms with Gasteiger partial charge in [-0.1, -0.05) is 46.4 Å². The van der Waals surface area contributed by atoms with E-state index in [9.17, 15) is 4.79 Å². The average molecular weight is 349 g/mol. The molecule has 0 aromatic heterocycles. The van der Waals surface area contributed by atoms with Crippen LogP contribution in [0.1, 0.15) is 15.9 Å². The molecule has 0 heterocycles. The largest absolute Gasteiger partial charge is 0.348 e. The second-order valence-corrected chi connectivity index (χ2v) is 5.72. The molecule has 2 aromatic rings. The predicted octanol–water partition coefficient (Wildman–Crippen LogP) is 5.23. The smallest absolute Gasteiger partial charge is 0.251 e. The summed E-state index contributed by atoms with van der Waals surface area (Å²) in [6, 6.07) is 9.75. The Labute approximate surface area is 136 Å². The van der Waals surface area contributed by atoms with Crippen molar-refractivity contribution >= 4 is 52.3 Å². The number of carbonyl (C=O) groups excluding carboxylic acids is 1. The molecule has 0 spiro atoms. The van der Waals surface area contributed by atoms with Crippen molar-refractivity contribution in [1.29, 1.82) is 0 Å². The van der Waals surface area contributed by atoms with Crippen LogP contribution in [-0.4, -0.2) is 5.91 Å². The number of hydrogen-bond acceptors (Lipinski definition) is 1. The quantitative estimate of drug-likeness (QED) is 0.808. The molecule has 104 valence electrons. The van der Waals surface area contributed by atoms with Crippen molar-refractivity contribution in [3.63, 3.8) is 0 Å². The van der Waals surface area contributed by atoms with Gasteiger partial charge in [0.05, 0.1) is 0 Å². The summed E-state index contributed by atoms with van der Waals surface area (Å²) in [5.41, 5.74) is 1.13. The molecule has 0 fully saturated rings. The Bertz CT molecular complexity index is 617. The Morgan fingerprint density at radius 2 is 1.45 bits per heavy atom. The van der Waals surface area contributed by atoms with Crippen LogP contribution in [0, 0.1) is 0 Å². The zero-order valence-electron chi connectivity index (χ0n) is 10.1. The highest BCUT2D eigenvalue weighted by Crippen LogP contribution is 2.28.